The lowest BCUT2D eigenvalue weighted by Gasteiger charge is -2.12. The van der Waals surface area contributed by atoms with Crippen LogP contribution in [0.15, 0.2) is 41.6 Å². The number of carbonyl (C=O) groups is 1. The number of carbonyl (C=O) groups excluding carboxylic acids is 1. The number of aryl methyl sites for hydroxylation is 2. The van der Waals surface area contributed by atoms with Gasteiger partial charge in [0.05, 0.1) is 10.8 Å². The highest BCUT2D eigenvalue weighted by Gasteiger charge is 2.10. The van der Waals surface area contributed by atoms with Crippen molar-refractivity contribution in [2.45, 2.75) is 25.3 Å². The van der Waals surface area contributed by atoms with Gasteiger partial charge < -0.3 is 5.32 Å². The van der Waals surface area contributed by atoms with Crippen LogP contribution in [0.25, 0.3) is 0 Å². The van der Waals surface area contributed by atoms with Crippen LogP contribution in [-0.4, -0.2) is 16.6 Å². The van der Waals surface area contributed by atoms with E-state index in [-0.39, 0.29) is 11.7 Å². The van der Waals surface area contributed by atoms with Gasteiger partial charge in [-0.1, -0.05) is 48.5 Å². The molecular weight excluding hydrogens is 304 g/mol. The van der Waals surface area contributed by atoms with Crippen molar-refractivity contribution in [2.24, 2.45) is 0 Å². The molecule has 1 aromatic carbocycles. The first-order valence-electron chi connectivity index (χ1n) is 6.73. The molecule has 0 fully saturated rings. The molecule has 0 unspecified atom stereocenters. The summed E-state index contributed by atoms with van der Waals surface area (Å²) in [5.74, 6) is 0.236. The van der Waals surface area contributed by atoms with Crippen LogP contribution < -0.4 is 5.32 Å². The monoisotopic (exact) mass is 320 g/mol. The topological polar surface area (TPSA) is 42.0 Å². The Bertz CT molecular complexity index is 646. The van der Waals surface area contributed by atoms with Crippen molar-refractivity contribution >= 4 is 35.0 Å². The molecule has 2 aromatic rings. The standard InChI is InChI=1S/C16H17ClN2OS/c1-3-12-7-4-6-11(2)15(12)19-14(20)10-21-16-13(17)8-5-9-18-16/h4-9H,3,10H2,1-2H3,(H,19,20). The average molecular weight is 321 g/mol. The first kappa shape index (κ1) is 15.9. The molecule has 1 amide bonds. The Morgan fingerprint density at radius 2 is 2.14 bits per heavy atom. The second-order valence-electron chi connectivity index (χ2n) is 4.59. The summed E-state index contributed by atoms with van der Waals surface area (Å²) in [5.41, 5.74) is 3.13. The number of amides is 1. The van der Waals surface area contributed by atoms with Crippen LogP contribution in [0.4, 0.5) is 5.69 Å². The number of nitrogens with zero attached hydrogens (tertiary/aromatic N) is 1. The summed E-state index contributed by atoms with van der Waals surface area (Å²) >= 11 is 7.36. The minimum atomic E-state index is -0.0503. The molecule has 0 aliphatic rings. The highest BCUT2D eigenvalue weighted by molar-refractivity contribution is 8.00. The number of anilines is 1. The molecule has 0 bridgehead atoms. The van der Waals surface area contributed by atoms with E-state index in [1.807, 2.05) is 25.1 Å². The highest BCUT2D eigenvalue weighted by Crippen LogP contribution is 2.25. The van der Waals surface area contributed by atoms with Crippen LogP contribution in [0.3, 0.4) is 0 Å². The number of thioether (sulfide) groups is 1. The Labute approximate surface area is 134 Å². The second kappa shape index (κ2) is 7.48. The molecule has 5 heteroatoms. The van der Waals surface area contributed by atoms with Gasteiger partial charge in [0.15, 0.2) is 0 Å². The Morgan fingerprint density at radius 1 is 1.33 bits per heavy atom. The summed E-state index contributed by atoms with van der Waals surface area (Å²) in [6.07, 6.45) is 2.55. The molecule has 3 nitrogen and oxygen atoms in total. The first-order chi connectivity index (χ1) is 10.1. The van der Waals surface area contributed by atoms with Gasteiger partial charge in [0.1, 0.15) is 5.03 Å². The van der Waals surface area contributed by atoms with Gasteiger partial charge in [-0.15, -0.1) is 0 Å². The van der Waals surface area contributed by atoms with Crippen LogP contribution in [0, 0.1) is 6.92 Å². The van der Waals surface area contributed by atoms with E-state index in [1.54, 1.807) is 18.3 Å². The number of rotatable bonds is 5. The average Bonchev–Trinajstić information content (AvgIpc) is 2.48. The van der Waals surface area contributed by atoms with Gasteiger partial charge in [0.2, 0.25) is 5.91 Å². The lowest BCUT2D eigenvalue weighted by molar-refractivity contribution is -0.113. The molecule has 1 heterocycles. The number of nitrogens with one attached hydrogen (secondary N) is 1. The lowest BCUT2D eigenvalue weighted by atomic mass is 10.1. The van der Waals surface area contributed by atoms with Crippen molar-refractivity contribution in [1.29, 1.82) is 0 Å². The Kier molecular flexibility index (Phi) is 5.65. The third-order valence-electron chi connectivity index (χ3n) is 3.07. The van der Waals surface area contributed by atoms with Crippen molar-refractivity contribution in [3.05, 3.63) is 52.7 Å². The van der Waals surface area contributed by atoms with E-state index in [2.05, 4.69) is 17.2 Å². The molecule has 0 radical (unpaired) electrons. The SMILES string of the molecule is CCc1cccc(C)c1NC(=O)CSc1ncccc1Cl. The zero-order valence-corrected chi connectivity index (χ0v) is 13.6. The molecular formula is C16H17ClN2OS. The molecule has 2 rings (SSSR count). The van der Waals surface area contributed by atoms with Gasteiger partial charge in [0, 0.05) is 11.9 Å². The molecule has 21 heavy (non-hydrogen) atoms. The molecule has 110 valence electrons. The molecule has 0 aliphatic heterocycles. The molecule has 0 saturated carbocycles. The van der Waals surface area contributed by atoms with Crippen molar-refractivity contribution in [3.8, 4) is 0 Å². The van der Waals surface area contributed by atoms with Gasteiger partial charge in [0.25, 0.3) is 0 Å². The van der Waals surface area contributed by atoms with E-state index in [0.29, 0.717) is 10.0 Å². The van der Waals surface area contributed by atoms with E-state index >= 15 is 0 Å². The van der Waals surface area contributed by atoms with Crippen molar-refractivity contribution < 1.29 is 4.79 Å². The third kappa shape index (κ3) is 4.22. The predicted molar refractivity (Wildman–Crippen MR) is 89.2 cm³/mol. The largest absolute Gasteiger partial charge is 0.325 e. The zero-order chi connectivity index (χ0) is 15.2. The summed E-state index contributed by atoms with van der Waals surface area (Å²) < 4.78 is 0. The summed E-state index contributed by atoms with van der Waals surface area (Å²) in [6.45, 7) is 4.07. The van der Waals surface area contributed by atoms with Crippen molar-refractivity contribution in [3.63, 3.8) is 0 Å². The van der Waals surface area contributed by atoms with Gasteiger partial charge in [-0.3, -0.25) is 4.79 Å². The predicted octanol–water partition coefficient (Wildman–Crippen LogP) is 4.34. The molecule has 1 N–H and O–H groups in total. The lowest BCUT2D eigenvalue weighted by Crippen LogP contribution is -2.16. The van der Waals surface area contributed by atoms with Crippen LogP contribution in [0.2, 0.25) is 5.02 Å². The zero-order valence-electron chi connectivity index (χ0n) is 12.0. The van der Waals surface area contributed by atoms with Crippen LogP contribution in [-0.2, 0) is 11.2 Å². The van der Waals surface area contributed by atoms with E-state index in [1.165, 1.54) is 11.8 Å². The van der Waals surface area contributed by atoms with E-state index in [9.17, 15) is 4.79 Å². The Morgan fingerprint density at radius 3 is 2.86 bits per heavy atom. The maximum absolute atomic E-state index is 12.1. The minimum Gasteiger partial charge on any atom is -0.325 e. The van der Waals surface area contributed by atoms with E-state index in [0.717, 1.165) is 23.2 Å². The van der Waals surface area contributed by atoms with E-state index in [4.69, 9.17) is 11.6 Å². The molecule has 1 aromatic heterocycles. The van der Waals surface area contributed by atoms with Crippen LogP contribution in [0.1, 0.15) is 18.1 Å². The highest BCUT2D eigenvalue weighted by atomic mass is 35.5. The molecule has 0 saturated heterocycles. The summed E-state index contributed by atoms with van der Waals surface area (Å²) in [5, 5.41) is 4.23. The van der Waals surface area contributed by atoms with Gasteiger partial charge in [-0.2, -0.15) is 0 Å². The fourth-order valence-corrected chi connectivity index (χ4v) is 2.96. The number of hydrogen-bond donors (Lipinski definition) is 1. The van der Waals surface area contributed by atoms with E-state index < -0.39 is 0 Å². The quantitative estimate of drug-likeness (QED) is 0.833. The number of benzene rings is 1. The number of para-hydroxylation sites is 1. The second-order valence-corrected chi connectivity index (χ2v) is 5.96. The van der Waals surface area contributed by atoms with Crippen LogP contribution >= 0.6 is 23.4 Å². The fourth-order valence-electron chi connectivity index (χ4n) is 1.99. The number of aromatic nitrogens is 1. The molecule has 0 aliphatic carbocycles. The Balaban J connectivity index is 2.01. The molecule has 0 spiro atoms. The summed E-state index contributed by atoms with van der Waals surface area (Å²) in [6, 6.07) is 9.58. The summed E-state index contributed by atoms with van der Waals surface area (Å²) in [4.78, 5) is 16.3. The van der Waals surface area contributed by atoms with Crippen molar-refractivity contribution in [2.75, 3.05) is 11.1 Å². The fraction of sp³-hybridized carbons (Fsp3) is 0.250. The Hall–Kier alpha value is -1.52. The molecule has 0 atom stereocenters. The first-order valence-corrected chi connectivity index (χ1v) is 8.09. The van der Waals surface area contributed by atoms with Crippen LogP contribution in [0.5, 0.6) is 0 Å². The summed E-state index contributed by atoms with van der Waals surface area (Å²) in [7, 11) is 0. The van der Waals surface area contributed by atoms with Gasteiger partial charge in [-0.25, -0.2) is 4.98 Å². The maximum atomic E-state index is 12.1. The maximum Gasteiger partial charge on any atom is 0.234 e. The van der Waals surface area contributed by atoms with Gasteiger partial charge >= 0.3 is 0 Å². The number of pyridine rings is 1. The number of halogens is 1. The number of hydrogen-bond acceptors (Lipinski definition) is 3. The van der Waals surface area contributed by atoms with Crippen molar-refractivity contribution in [1.82, 2.24) is 4.98 Å². The minimum absolute atomic E-state index is 0.0503. The normalized spacial score (nSPS) is 10.4. The smallest absolute Gasteiger partial charge is 0.234 e. The van der Waals surface area contributed by atoms with Gasteiger partial charge in [-0.05, 0) is 36.6 Å². The third-order valence-corrected chi connectivity index (χ3v) is 4.49.